The van der Waals surface area contributed by atoms with Gasteiger partial charge in [-0.15, -0.1) is 0 Å². The molecular formula is C20H34O3. The fraction of sp³-hybridized carbons (Fsp3) is 0.650. The summed E-state index contributed by atoms with van der Waals surface area (Å²) in [7, 11) is 1.67. The molecule has 3 atom stereocenters. The minimum atomic E-state index is -0.0778. The Morgan fingerprint density at radius 1 is 1.09 bits per heavy atom. The second-order valence-corrected chi connectivity index (χ2v) is 5.95. The molecule has 0 fully saturated rings. The van der Waals surface area contributed by atoms with E-state index in [2.05, 4.69) is 19.1 Å². The molecule has 132 valence electrons. The van der Waals surface area contributed by atoms with Crippen LogP contribution in [-0.4, -0.2) is 19.2 Å². The molecule has 23 heavy (non-hydrogen) atoms. The number of esters is 1. The van der Waals surface area contributed by atoms with Crippen molar-refractivity contribution in [1.29, 1.82) is 0 Å². The highest BCUT2D eigenvalue weighted by Gasteiger charge is 2.19. The Hall–Kier alpha value is -1.51. The first kappa shape index (κ1) is 21.5. The van der Waals surface area contributed by atoms with E-state index >= 15 is 0 Å². The van der Waals surface area contributed by atoms with E-state index in [1.165, 1.54) is 5.56 Å². The number of benzene rings is 1. The highest BCUT2D eigenvalue weighted by Crippen LogP contribution is 2.20. The molecule has 1 aromatic carbocycles. The monoisotopic (exact) mass is 322 g/mol. The summed E-state index contributed by atoms with van der Waals surface area (Å²) in [6.45, 7) is 12.1. The van der Waals surface area contributed by atoms with Crippen LogP contribution < -0.4 is 4.74 Å². The van der Waals surface area contributed by atoms with Crippen molar-refractivity contribution in [2.45, 2.75) is 66.9 Å². The standard InChI is InChI=1S/C18H28O3.C2H6/c1-6-15(4)21-18(19)14(3)11-13(2)12-16-7-9-17(20-5)10-8-16;1-2/h7-10,13-15H,6,11-12H2,1-5H3;1-2H3. The lowest BCUT2D eigenvalue weighted by molar-refractivity contribution is -0.153. The lowest BCUT2D eigenvalue weighted by atomic mass is 9.91. The first-order valence-corrected chi connectivity index (χ1v) is 8.79. The normalized spacial score (nSPS) is 14.0. The smallest absolute Gasteiger partial charge is 0.308 e. The maximum atomic E-state index is 11.9. The summed E-state index contributed by atoms with van der Waals surface area (Å²) >= 11 is 0. The maximum absolute atomic E-state index is 11.9. The molecule has 3 nitrogen and oxygen atoms in total. The van der Waals surface area contributed by atoms with Gasteiger partial charge in [-0.2, -0.15) is 0 Å². The Labute approximate surface area is 142 Å². The molecule has 0 heterocycles. The van der Waals surface area contributed by atoms with E-state index in [-0.39, 0.29) is 18.0 Å². The van der Waals surface area contributed by atoms with Crippen molar-refractivity contribution < 1.29 is 14.3 Å². The summed E-state index contributed by atoms with van der Waals surface area (Å²) in [6, 6.07) is 8.11. The van der Waals surface area contributed by atoms with Crippen molar-refractivity contribution in [2.24, 2.45) is 11.8 Å². The third kappa shape index (κ3) is 8.63. The van der Waals surface area contributed by atoms with E-state index in [0.717, 1.165) is 25.0 Å². The summed E-state index contributed by atoms with van der Waals surface area (Å²) in [4.78, 5) is 11.9. The zero-order valence-corrected chi connectivity index (χ0v) is 15.9. The van der Waals surface area contributed by atoms with Crippen molar-refractivity contribution in [2.75, 3.05) is 7.11 Å². The number of ether oxygens (including phenoxy) is 2. The zero-order chi connectivity index (χ0) is 17.8. The van der Waals surface area contributed by atoms with Gasteiger partial charge in [0, 0.05) is 0 Å². The molecule has 0 aromatic heterocycles. The highest BCUT2D eigenvalue weighted by atomic mass is 16.5. The van der Waals surface area contributed by atoms with Crippen molar-refractivity contribution in [1.82, 2.24) is 0 Å². The van der Waals surface area contributed by atoms with E-state index in [0.29, 0.717) is 5.92 Å². The van der Waals surface area contributed by atoms with Gasteiger partial charge in [0.05, 0.1) is 19.1 Å². The van der Waals surface area contributed by atoms with E-state index in [9.17, 15) is 4.79 Å². The molecule has 0 bridgehead atoms. The Balaban J connectivity index is 0.00000232. The van der Waals surface area contributed by atoms with Crippen LogP contribution in [-0.2, 0) is 16.0 Å². The first-order chi connectivity index (χ1) is 11.0. The predicted octanol–water partition coefficient (Wildman–Crippen LogP) is 5.27. The average Bonchev–Trinajstić information content (AvgIpc) is 2.57. The fourth-order valence-electron chi connectivity index (χ4n) is 2.34. The molecule has 0 radical (unpaired) electrons. The molecule has 0 N–H and O–H groups in total. The fourth-order valence-corrected chi connectivity index (χ4v) is 2.34. The lowest BCUT2D eigenvalue weighted by Gasteiger charge is -2.19. The molecule has 1 rings (SSSR count). The summed E-state index contributed by atoms with van der Waals surface area (Å²) in [5, 5.41) is 0. The van der Waals surface area contributed by atoms with E-state index in [1.807, 2.05) is 46.8 Å². The summed E-state index contributed by atoms with van der Waals surface area (Å²) in [6.07, 6.45) is 2.68. The van der Waals surface area contributed by atoms with Gasteiger partial charge in [-0.1, -0.05) is 46.8 Å². The Bertz CT molecular complexity index is 425. The number of carbonyl (C=O) groups excluding carboxylic acids is 1. The SMILES string of the molecule is CC.CCC(C)OC(=O)C(C)CC(C)Cc1ccc(OC)cc1. The van der Waals surface area contributed by atoms with Gasteiger partial charge in [-0.3, -0.25) is 4.79 Å². The maximum Gasteiger partial charge on any atom is 0.308 e. The van der Waals surface area contributed by atoms with Gasteiger partial charge in [0.25, 0.3) is 0 Å². The van der Waals surface area contributed by atoms with Crippen molar-refractivity contribution >= 4 is 5.97 Å². The third-order valence-electron chi connectivity index (χ3n) is 3.79. The van der Waals surface area contributed by atoms with Crippen LogP contribution in [0.4, 0.5) is 0 Å². The number of methoxy groups -OCH3 is 1. The lowest BCUT2D eigenvalue weighted by Crippen LogP contribution is -2.22. The molecule has 1 aromatic rings. The topological polar surface area (TPSA) is 35.5 Å². The van der Waals surface area contributed by atoms with E-state index < -0.39 is 0 Å². The molecule has 3 heteroatoms. The number of carbonyl (C=O) groups is 1. The van der Waals surface area contributed by atoms with Crippen LogP contribution in [0, 0.1) is 11.8 Å². The summed E-state index contributed by atoms with van der Waals surface area (Å²) < 4.78 is 10.5. The van der Waals surface area contributed by atoms with Gasteiger partial charge >= 0.3 is 5.97 Å². The Morgan fingerprint density at radius 3 is 2.13 bits per heavy atom. The van der Waals surface area contributed by atoms with E-state index in [1.54, 1.807) is 7.11 Å². The van der Waals surface area contributed by atoms with Crippen LogP contribution in [0.5, 0.6) is 5.75 Å². The molecule has 0 saturated carbocycles. The molecule has 0 aliphatic rings. The van der Waals surface area contributed by atoms with Crippen molar-refractivity contribution in [3.8, 4) is 5.75 Å². The van der Waals surface area contributed by atoms with Gasteiger partial charge in [0.2, 0.25) is 0 Å². The molecule has 0 aliphatic heterocycles. The second kappa shape index (κ2) is 12.0. The van der Waals surface area contributed by atoms with Crippen LogP contribution >= 0.6 is 0 Å². The van der Waals surface area contributed by atoms with Crippen molar-refractivity contribution in [3.63, 3.8) is 0 Å². The largest absolute Gasteiger partial charge is 0.497 e. The van der Waals surface area contributed by atoms with Crippen LogP contribution in [0.25, 0.3) is 0 Å². The summed E-state index contributed by atoms with van der Waals surface area (Å²) in [5.41, 5.74) is 1.27. The van der Waals surface area contributed by atoms with Gasteiger partial charge in [0.1, 0.15) is 5.75 Å². The minimum absolute atomic E-state index is 0.0110. The number of hydrogen-bond acceptors (Lipinski definition) is 3. The zero-order valence-electron chi connectivity index (χ0n) is 15.9. The van der Waals surface area contributed by atoms with Crippen LogP contribution in [0.1, 0.15) is 59.9 Å². The minimum Gasteiger partial charge on any atom is -0.497 e. The van der Waals surface area contributed by atoms with Gasteiger partial charge in [-0.25, -0.2) is 0 Å². The van der Waals surface area contributed by atoms with E-state index in [4.69, 9.17) is 9.47 Å². The Kier molecular flexibility index (Phi) is 11.2. The van der Waals surface area contributed by atoms with Crippen molar-refractivity contribution in [3.05, 3.63) is 29.8 Å². The van der Waals surface area contributed by atoms with Crippen LogP contribution in [0.15, 0.2) is 24.3 Å². The molecule has 0 spiro atoms. The third-order valence-corrected chi connectivity index (χ3v) is 3.79. The molecule has 3 unspecified atom stereocenters. The average molecular weight is 322 g/mol. The predicted molar refractivity (Wildman–Crippen MR) is 96.8 cm³/mol. The molecule has 0 amide bonds. The molecular weight excluding hydrogens is 288 g/mol. The Morgan fingerprint density at radius 2 is 1.65 bits per heavy atom. The van der Waals surface area contributed by atoms with Gasteiger partial charge < -0.3 is 9.47 Å². The first-order valence-electron chi connectivity index (χ1n) is 8.79. The van der Waals surface area contributed by atoms with Crippen LogP contribution in [0.3, 0.4) is 0 Å². The number of rotatable bonds is 8. The number of hydrogen-bond donors (Lipinski definition) is 0. The van der Waals surface area contributed by atoms with Gasteiger partial charge in [0.15, 0.2) is 0 Å². The molecule has 0 saturated heterocycles. The molecule has 0 aliphatic carbocycles. The quantitative estimate of drug-likeness (QED) is 0.612. The van der Waals surface area contributed by atoms with Gasteiger partial charge in [-0.05, 0) is 49.8 Å². The second-order valence-electron chi connectivity index (χ2n) is 5.95. The highest BCUT2D eigenvalue weighted by molar-refractivity contribution is 5.72. The van der Waals surface area contributed by atoms with Crippen LogP contribution in [0.2, 0.25) is 0 Å². The summed E-state index contributed by atoms with van der Waals surface area (Å²) in [5.74, 6) is 1.19.